The molecule has 0 aromatic rings. The fraction of sp³-hybridized carbons (Fsp3) is 0.727. The first-order valence-electron chi connectivity index (χ1n) is 5.27. The van der Waals surface area contributed by atoms with E-state index in [4.69, 9.17) is 9.47 Å². The molecule has 0 N–H and O–H groups in total. The van der Waals surface area contributed by atoms with Gasteiger partial charge in [0.15, 0.2) is 0 Å². The average molecular weight is 293 g/mol. The molecule has 0 amide bonds. The standard InChI is InChI=1S/C11H18O4Se/c1-4-13-10(12)7-8-16-9-11(14-5-2)15-6-3/h11H,4-6,9H2,1-3H3. The van der Waals surface area contributed by atoms with E-state index in [0.717, 1.165) is 5.32 Å². The van der Waals surface area contributed by atoms with Crippen LogP contribution in [0, 0.1) is 10.7 Å². The zero-order valence-corrected chi connectivity index (χ0v) is 11.7. The molecule has 16 heavy (non-hydrogen) atoms. The number of ether oxygens (including phenoxy) is 3. The molecule has 0 saturated heterocycles. The van der Waals surface area contributed by atoms with Gasteiger partial charge in [0.1, 0.15) is 0 Å². The first kappa shape index (κ1) is 15.5. The summed E-state index contributed by atoms with van der Waals surface area (Å²) >= 11 is 0.0156. The molecular weight excluding hydrogens is 275 g/mol. The third kappa shape index (κ3) is 8.75. The minimum absolute atomic E-state index is 0.0156. The molecule has 0 aliphatic rings. The Morgan fingerprint density at radius 2 is 1.81 bits per heavy atom. The van der Waals surface area contributed by atoms with E-state index in [2.05, 4.69) is 15.5 Å². The van der Waals surface area contributed by atoms with Crippen LogP contribution in [0.3, 0.4) is 0 Å². The van der Waals surface area contributed by atoms with Gasteiger partial charge in [-0.3, -0.25) is 0 Å². The van der Waals surface area contributed by atoms with Crippen molar-refractivity contribution in [2.45, 2.75) is 32.4 Å². The molecule has 0 aromatic carbocycles. The number of rotatable bonds is 7. The zero-order valence-electron chi connectivity index (χ0n) is 9.95. The summed E-state index contributed by atoms with van der Waals surface area (Å²) < 4.78 is 15.4. The SMILES string of the molecule is CCOC(=O)C#C[Se]CC(OCC)OCC. The molecule has 0 rings (SSSR count). The summed E-state index contributed by atoms with van der Waals surface area (Å²) in [5, 5.41) is 0.723. The third-order valence-electron chi connectivity index (χ3n) is 1.43. The van der Waals surface area contributed by atoms with E-state index in [-0.39, 0.29) is 21.2 Å². The van der Waals surface area contributed by atoms with Crippen LogP contribution in [-0.2, 0) is 19.0 Å². The van der Waals surface area contributed by atoms with Crippen LogP contribution >= 0.6 is 0 Å². The van der Waals surface area contributed by atoms with Gasteiger partial charge in [0, 0.05) is 0 Å². The Morgan fingerprint density at radius 1 is 1.19 bits per heavy atom. The summed E-state index contributed by atoms with van der Waals surface area (Å²) in [5.74, 6) is 1.96. The number of hydrogen-bond donors (Lipinski definition) is 0. The Morgan fingerprint density at radius 3 is 2.31 bits per heavy atom. The zero-order chi connectivity index (χ0) is 12.2. The van der Waals surface area contributed by atoms with Gasteiger partial charge in [-0.2, -0.15) is 0 Å². The molecule has 0 radical (unpaired) electrons. The molecule has 0 bridgehead atoms. The van der Waals surface area contributed by atoms with Gasteiger partial charge in [-0.05, 0) is 0 Å². The maximum atomic E-state index is 10.9. The first-order valence-corrected chi connectivity index (χ1v) is 7.34. The van der Waals surface area contributed by atoms with Gasteiger partial charge in [-0.15, -0.1) is 0 Å². The van der Waals surface area contributed by atoms with Crippen molar-refractivity contribution in [3.63, 3.8) is 0 Å². The van der Waals surface area contributed by atoms with Crippen molar-refractivity contribution in [3.8, 4) is 10.7 Å². The molecule has 0 aliphatic heterocycles. The van der Waals surface area contributed by atoms with Gasteiger partial charge in [-0.25, -0.2) is 0 Å². The quantitative estimate of drug-likeness (QED) is 0.304. The second-order valence-electron chi connectivity index (χ2n) is 2.60. The van der Waals surface area contributed by atoms with Crippen LogP contribution in [0.25, 0.3) is 0 Å². The monoisotopic (exact) mass is 294 g/mol. The van der Waals surface area contributed by atoms with Crippen molar-refractivity contribution in [2.75, 3.05) is 19.8 Å². The summed E-state index contributed by atoms with van der Waals surface area (Å²) in [6, 6.07) is 0. The Hall–Kier alpha value is -0.531. The van der Waals surface area contributed by atoms with Crippen LogP contribution in [-0.4, -0.2) is 47.0 Å². The summed E-state index contributed by atoms with van der Waals surface area (Å²) in [5.41, 5.74) is 0. The van der Waals surface area contributed by atoms with Crippen LogP contribution in [0.5, 0.6) is 0 Å². The summed E-state index contributed by atoms with van der Waals surface area (Å²) in [6.07, 6.45) is -0.202. The van der Waals surface area contributed by atoms with Gasteiger partial charge < -0.3 is 0 Å². The number of carbonyl (C=O) groups is 1. The number of hydrogen-bond acceptors (Lipinski definition) is 4. The van der Waals surface area contributed by atoms with E-state index in [1.54, 1.807) is 6.92 Å². The van der Waals surface area contributed by atoms with E-state index < -0.39 is 5.97 Å². The Bertz CT molecular complexity index is 238. The summed E-state index contributed by atoms with van der Waals surface area (Å²) in [7, 11) is 0. The van der Waals surface area contributed by atoms with Gasteiger partial charge in [0.05, 0.1) is 0 Å². The fourth-order valence-electron chi connectivity index (χ4n) is 0.871. The molecular formula is C11H18O4Se. The van der Waals surface area contributed by atoms with Crippen molar-refractivity contribution in [1.82, 2.24) is 0 Å². The van der Waals surface area contributed by atoms with E-state index in [0.29, 0.717) is 19.8 Å². The van der Waals surface area contributed by atoms with Crippen molar-refractivity contribution < 1.29 is 19.0 Å². The van der Waals surface area contributed by atoms with Crippen LogP contribution in [0.4, 0.5) is 0 Å². The molecule has 0 atom stereocenters. The summed E-state index contributed by atoms with van der Waals surface area (Å²) in [6.45, 7) is 7.19. The maximum absolute atomic E-state index is 10.9. The average Bonchev–Trinajstić information content (AvgIpc) is 2.25. The first-order chi connectivity index (χ1) is 7.74. The Balaban J connectivity index is 3.78. The van der Waals surface area contributed by atoms with Crippen LogP contribution in [0.2, 0.25) is 5.32 Å². The molecule has 0 unspecified atom stereocenters. The van der Waals surface area contributed by atoms with E-state index in [9.17, 15) is 4.79 Å². The molecule has 5 heteroatoms. The molecule has 4 nitrogen and oxygen atoms in total. The van der Waals surface area contributed by atoms with Crippen molar-refractivity contribution in [1.29, 1.82) is 0 Å². The normalized spacial score (nSPS) is 9.75. The molecule has 0 heterocycles. The van der Waals surface area contributed by atoms with E-state index in [1.165, 1.54) is 0 Å². The molecule has 0 fully saturated rings. The van der Waals surface area contributed by atoms with Gasteiger partial charge in [0.25, 0.3) is 0 Å². The van der Waals surface area contributed by atoms with Crippen LogP contribution < -0.4 is 0 Å². The van der Waals surface area contributed by atoms with Crippen LogP contribution in [0.1, 0.15) is 20.8 Å². The Kier molecular flexibility index (Phi) is 10.6. The van der Waals surface area contributed by atoms with Crippen molar-refractivity contribution in [3.05, 3.63) is 0 Å². The van der Waals surface area contributed by atoms with E-state index >= 15 is 0 Å². The van der Waals surface area contributed by atoms with Crippen LogP contribution in [0.15, 0.2) is 0 Å². The van der Waals surface area contributed by atoms with Gasteiger partial charge in [-0.1, -0.05) is 0 Å². The van der Waals surface area contributed by atoms with Gasteiger partial charge >= 0.3 is 103 Å². The molecule has 92 valence electrons. The second-order valence-corrected chi connectivity index (χ2v) is 4.33. The van der Waals surface area contributed by atoms with Crippen molar-refractivity contribution >= 4 is 20.9 Å². The second kappa shape index (κ2) is 11.0. The molecule has 0 aromatic heterocycles. The minimum atomic E-state index is -0.464. The predicted octanol–water partition coefficient (Wildman–Crippen LogP) is 1.03. The molecule has 0 spiro atoms. The topological polar surface area (TPSA) is 44.8 Å². The molecule has 0 saturated carbocycles. The van der Waals surface area contributed by atoms with E-state index in [1.807, 2.05) is 13.8 Å². The fourth-order valence-corrected chi connectivity index (χ4v) is 2.06. The number of carbonyl (C=O) groups excluding carboxylic acids is 1. The predicted molar refractivity (Wildman–Crippen MR) is 62.0 cm³/mol. The number of esters is 1. The third-order valence-corrected chi connectivity index (χ3v) is 2.86. The Labute approximate surface area is 103 Å². The molecule has 0 aliphatic carbocycles. The van der Waals surface area contributed by atoms with Crippen molar-refractivity contribution in [2.24, 2.45) is 0 Å². The summed E-state index contributed by atoms with van der Waals surface area (Å²) in [4.78, 5) is 13.7. The van der Waals surface area contributed by atoms with Gasteiger partial charge in [0.2, 0.25) is 0 Å².